The highest BCUT2D eigenvalue weighted by Crippen LogP contribution is 2.38. The van der Waals surface area contributed by atoms with Crippen molar-refractivity contribution in [3.63, 3.8) is 0 Å². The van der Waals surface area contributed by atoms with Crippen LogP contribution in [0.2, 0.25) is 5.02 Å². The molecule has 9 heteroatoms. The molecule has 164 valence electrons. The van der Waals surface area contributed by atoms with Gasteiger partial charge in [0, 0.05) is 17.1 Å². The van der Waals surface area contributed by atoms with Crippen molar-refractivity contribution >= 4 is 40.3 Å². The quantitative estimate of drug-likeness (QED) is 0.341. The summed E-state index contributed by atoms with van der Waals surface area (Å²) in [5.74, 6) is 0.842. The Bertz CT molecular complexity index is 1240. The molecule has 2 aromatic heterocycles. The molecule has 32 heavy (non-hydrogen) atoms. The molecule has 3 N–H and O–H groups in total. The minimum atomic E-state index is -0.701. The molecule has 5 rings (SSSR count). The lowest BCUT2D eigenvalue weighted by atomic mass is 9.77. The van der Waals surface area contributed by atoms with Crippen molar-refractivity contribution in [1.29, 1.82) is 0 Å². The van der Waals surface area contributed by atoms with Gasteiger partial charge in [0.25, 0.3) is 5.89 Å². The van der Waals surface area contributed by atoms with Gasteiger partial charge in [-0.1, -0.05) is 22.8 Å². The van der Waals surface area contributed by atoms with Gasteiger partial charge in [0.05, 0.1) is 11.0 Å². The third kappa shape index (κ3) is 4.45. The van der Waals surface area contributed by atoms with Crippen molar-refractivity contribution in [3.8, 4) is 11.7 Å². The lowest BCUT2D eigenvalue weighted by Gasteiger charge is -2.27. The average Bonchev–Trinajstić information content (AvgIpc) is 3.42. The SMILES string of the molecule is O=C(O)CC1CCC(c2ccc3nc(-c4nnc(Nc5ccc(Cl)cc5)o4)[nH]c3c2)CC1. The second-order valence-corrected chi connectivity index (χ2v) is 8.66. The van der Waals surface area contributed by atoms with E-state index in [2.05, 4.69) is 37.6 Å². The first-order valence-corrected chi connectivity index (χ1v) is 11.0. The number of imidazole rings is 1. The maximum absolute atomic E-state index is 11.0. The molecule has 0 spiro atoms. The van der Waals surface area contributed by atoms with Gasteiger partial charge in [0.2, 0.25) is 0 Å². The van der Waals surface area contributed by atoms with Gasteiger partial charge < -0.3 is 19.8 Å². The van der Waals surface area contributed by atoms with Crippen LogP contribution < -0.4 is 5.32 Å². The molecule has 0 radical (unpaired) electrons. The zero-order valence-corrected chi connectivity index (χ0v) is 18.0. The van der Waals surface area contributed by atoms with Crippen LogP contribution in [0.4, 0.5) is 11.7 Å². The van der Waals surface area contributed by atoms with Gasteiger partial charge in [-0.25, -0.2) is 4.98 Å². The van der Waals surface area contributed by atoms with Crippen LogP contribution in [0.1, 0.15) is 43.6 Å². The van der Waals surface area contributed by atoms with E-state index in [0.29, 0.717) is 28.6 Å². The number of carbonyl (C=O) groups is 1. The summed E-state index contributed by atoms with van der Waals surface area (Å²) in [6.07, 6.45) is 4.19. The molecular formula is C23H22ClN5O3. The Kier molecular flexibility index (Phi) is 5.53. The molecule has 4 aromatic rings. The van der Waals surface area contributed by atoms with Crippen molar-refractivity contribution in [2.24, 2.45) is 5.92 Å². The van der Waals surface area contributed by atoms with Crippen LogP contribution in [-0.4, -0.2) is 31.2 Å². The molecule has 1 aliphatic carbocycles. The summed E-state index contributed by atoms with van der Waals surface area (Å²) in [5.41, 5.74) is 3.78. The standard InChI is InChI=1S/C23H22ClN5O3/c24-16-6-8-17(9-7-16)25-23-29-28-22(32-23)21-26-18-10-5-15(12-19(18)27-21)14-3-1-13(2-4-14)11-20(30)31/h5-10,12-14H,1-4,11H2,(H,25,29)(H,26,27)(H,30,31). The summed E-state index contributed by atoms with van der Waals surface area (Å²) in [4.78, 5) is 18.8. The zero-order valence-electron chi connectivity index (χ0n) is 17.2. The molecule has 0 saturated heterocycles. The average molecular weight is 452 g/mol. The maximum atomic E-state index is 11.0. The van der Waals surface area contributed by atoms with Crippen LogP contribution in [0.5, 0.6) is 0 Å². The fourth-order valence-corrected chi connectivity index (χ4v) is 4.48. The third-order valence-corrected chi connectivity index (χ3v) is 6.26. The zero-order chi connectivity index (χ0) is 22.1. The number of carboxylic acids is 1. The first-order valence-electron chi connectivity index (χ1n) is 10.6. The lowest BCUT2D eigenvalue weighted by Crippen LogP contribution is -2.16. The number of carboxylic acid groups (broad SMARTS) is 1. The van der Waals surface area contributed by atoms with E-state index in [1.807, 2.05) is 18.2 Å². The third-order valence-electron chi connectivity index (χ3n) is 6.01. The van der Waals surface area contributed by atoms with E-state index in [9.17, 15) is 4.79 Å². The number of H-pyrrole nitrogens is 1. The first kappa shape index (κ1) is 20.5. The van der Waals surface area contributed by atoms with Crippen LogP contribution in [-0.2, 0) is 4.79 Å². The Labute approximate surface area is 189 Å². The maximum Gasteiger partial charge on any atom is 0.320 e. The largest absolute Gasteiger partial charge is 0.481 e. The number of benzene rings is 2. The monoisotopic (exact) mass is 451 g/mol. The summed E-state index contributed by atoms with van der Waals surface area (Å²) in [7, 11) is 0. The van der Waals surface area contributed by atoms with Gasteiger partial charge in [-0.05, 0) is 79.5 Å². The van der Waals surface area contributed by atoms with Crippen LogP contribution >= 0.6 is 11.6 Å². The molecule has 0 atom stereocenters. The number of halogens is 1. The van der Waals surface area contributed by atoms with E-state index in [1.165, 1.54) is 5.56 Å². The van der Waals surface area contributed by atoms with E-state index in [4.69, 9.17) is 21.1 Å². The van der Waals surface area contributed by atoms with E-state index >= 15 is 0 Å². The predicted molar refractivity (Wildman–Crippen MR) is 121 cm³/mol. The molecule has 0 unspecified atom stereocenters. The highest BCUT2D eigenvalue weighted by molar-refractivity contribution is 6.30. The van der Waals surface area contributed by atoms with Crippen molar-refractivity contribution < 1.29 is 14.3 Å². The number of anilines is 2. The molecule has 1 fully saturated rings. The Hall–Kier alpha value is -3.39. The topological polar surface area (TPSA) is 117 Å². The van der Waals surface area contributed by atoms with Crippen LogP contribution in [0.3, 0.4) is 0 Å². The fraction of sp³-hybridized carbons (Fsp3) is 0.304. The molecule has 0 amide bonds. The Morgan fingerprint density at radius 2 is 1.91 bits per heavy atom. The van der Waals surface area contributed by atoms with Crippen LogP contribution in [0.15, 0.2) is 46.9 Å². The number of rotatable bonds is 6. The second-order valence-electron chi connectivity index (χ2n) is 8.22. The van der Waals surface area contributed by atoms with Gasteiger partial charge in [-0.2, -0.15) is 0 Å². The summed E-state index contributed by atoms with van der Waals surface area (Å²) in [6, 6.07) is 13.7. The highest BCUT2D eigenvalue weighted by Gasteiger charge is 2.24. The molecule has 0 aliphatic heterocycles. The van der Waals surface area contributed by atoms with Gasteiger partial charge in [0.1, 0.15) is 0 Å². The Morgan fingerprint density at radius 1 is 1.12 bits per heavy atom. The highest BCUT2D eigenvalue weighted by atomic mass is 35.5. The van der Waals surface area contributed by atoms with E-state index < -0.39 is 5.97 Å². The first-order chi connectivity index (χ1) is 15.5. The number of nitrogens with zero attached hydrogens (tertiary/aromatic N) is 3. The van der Waals surface area contributed by atoms with Crippen LogP contribution in [0.25, 0.3) is 22.7 Å². The molecule has 2 heterocycles. The number of aromatic nitrogens is 4. The number of aliphatic carboxylic acids is 1. The van der Waals surface area contributed by atoms with E-state index in [-0.39, 0.29) is 12.4 Å². The van der Waals surface area contributed by atoms with E-state index in [0.717, 1.165) is 42.4 Å². The van der Waals surface area contributed by atoms with Crippen molar-refractivity contribution in [2.75, 3.05) is 5.32 Å². The smallest absolute Gasteiger partial charge is 0.320 e. The summed E-state index contributed by atoms with van der Waals surface area (Å²) >= 11 is 5.91. The lowest BCUT2D eigenvalue weighted by molar-refractivity contribution is -0.138. The molecule has 0 bridgehead atoms. The minimum Gasteiger partial charge on any atom is -0.481 e. The molecule has 1 saturated carbocycles. The number of nitrogens with one attached hydrogen (secondary N) is 2. The minimum absolute atomic E-state index is 0.265. The number of fused-ring (bicyclic) bond motifs is 1. The molecule has 2 aromatic carbocycles. The summed E-state index contributed by atoms with van der Waals surface area (Å²) in [6.45, 7) is 0. The number of hydrogen-bond donors (Lipinski definition) is 3. The predicted octanol–water partition coefficient (Wildman–Crippen LogP) is 5.76. The molecule has 8 nitrogen and oxygen atoms in total. The van der Waals surface area contributed by atoms with Crippen molar-refractivity contribution in [1.82, 2.24) is 20.2 Å². The Morgan fingerprint density at radius 3 is 2.66 bits per heavy atom. The second kappa shape index (κ2) is 8.63. The molecular weight excluding hydrogens is 430 g/mol. The summed E-state index contributed by atoms with van der Waals surface area (Å²) in [5, 5.41) is 20.8. The number of hydrogen-bond acceptors (Lipinski definition) is 6. The van der Waals surface area contributed by atoms with Gasteiger partial charge in [-0.3, -0.25) is 4.79 Å². The normalized spacial score (nSPS) is 18.7. The van der Waals surface area contributed by atoms with Crippen LogP contribution in [0, 0.1) is 5.92 Å². The Balaban J connectivity index is 1.30. The van der Waals surface area contributed by atoms with Gasteiger partial charge in [0.15, 0.2) is 5.82 Å². The van der Waals surface area contributed by atoms with Gasteiger partial charge in [-0.15, -0.1) is 5.10 Å². The molecule has 1 aliphatic rings. The number of aromatic amines is 1. The van der Waals surface area contributed by atoms with E-state index in [1.54, 1.807) is 12.1 Å². The van der Waals surface area contributed by atoms with Crippen molar-refractivity contribution in [2.45, 2.75) is 38.0 Å². The van der Waals surface area contributed by atoms with Crippen molar-refractivity contribution in [3.05, 3.63) is 53.1 Å². The summed E-state index contributed by atoms with van der Waals surface area (Å²) < 4.78 is 5.72. The fourth-order valence-electron chi connectivity index (χ4n) is 4.36. The van der Waals surface area contributed by atoms with Gasteiger partial charge >= 0.3 is 12.0 Å².